The number of carbonyl (C=O) groups is 1. The molecule has 0 spiro atoms. The van der Waals surface area contributed by atoms with E-state index in [1.54, 1.807) is 0 Å². The van der Waals surface area contributed by atoms with Gasteiger partial charge in [-0.25, -0.2) is 9.67 Å². The van der Waals surface area contributed by atoms with Gasteiger partial charge in [0.2, 0.25) is 5.91 Å². The van der Waals surface area contributed by atoms with E-state index in [9.17, 15) is 4.79 Å². The molecule has 0 radical (unpaired) electrons. The first-order valence-electron chi connectivity index (χ1n) is 10.5. The molecule has 1 amide bonds. The van der Waals surface area contributed by atoms with Gasteiger partial charge in [0.25, 0.3) is 0 Å². The highest BCUT2D eigenvalue weighted by Crippen LogP contribution is 2.33. The largest absolute Gasteiger partial charge is 0.330 e. The van der Waals surface area contributed by atoms with E-state index in [4.69, 9.17) is 10.1 Å². The molecule has 28 heavy (non-hydrogen) atoms. The molecule has 1 fully saturated rings. The monoisotopic (exact) mass is 381 g/mol. The van der Waals surface area contributed by atoms with Crippen molar-refractivity contribution in [2.75, 3.05) is 26.7 Å². The maximum Gasteiger partial charge on any atom is 0.223 e. The van der Waals surface area contributed by atoms with Gasteiger partial charge in [0, 0.05) is 18.5 Å². The second-order valence-corrected chi connectivity index (χ2v) is 8.61. The van der Waals surface area contributed by atoms with Gasteiger partial charge in [-0.2, -0.15) is 5.10 Å². The van der Waals surface area contributed by atoms with Crippen LogP contribution in [0.15, 0.2) is 30.3 Å². The van der Waals surface area contributed by atoms with Crippen molar-refractivity contribution in [2.45, 2.75) is 45.7 Å². The lowest BCUT2D eigenvalue weighted by molar-refractivity contribution is -0.137. The molecule has 6 nitrogen and oxygen atoms in total. The lowest BCUT2D eigenvalue weighted by Gasteiger charge is -2.38. The summed E-state index contributed by atoms with van der Waals surface area (Å²) in [5.41, 5.74) is 1.02. The zero-order valence-corrected chi connectivity index (χ0v) is 17.2. The van der Waals surface area contributed by atoms with Crippen molar-refractivity contribution in [3.63, 3.8) is 0 Å². The van der Waals surface area contributed by atoms with Crippen molar-refractivity contribution < 1.29 is 4.79 Å². The Balaban J connectivity index is 1.54. The van der Waals surface area contributed by atoms with Gasteiger partial charge in [0.15, 0.2) is 11.6 Å². The summed E-state index contributed by atoms with van der Waals surface area (Å²) in [7, 11) is 2.16. The predicted molar refractivity (Wildman–Crippen MR) is 110 cm³/mol. The van der Waals surface area contributed by atoms with E-state index in [2.05, 4.69) is 30.7 Å². The Labute approximate surface area is 167 Å². The SMILES string of the molecule is CC(C)[C@H]1c2nc(-c3ccccc3)nn2CCN1C(=O)CC1CCN(C)CC1. The summed E-state index contributed by atoms with van der Waals surface area (Å²) in [5.74, 6) is 2.77. The van der Waals surface area contributed by atoms with Gasteiger partial charge >= 0.3 is 0 Å². The zero-order chi connectivity index (χ0) is 19.7. The third kappa shape index (κ3) is 3.83. The fourth-order valence-electron chi connectivity index (χ4n) is 4.50. The topological polar surface area (TPSA) is 54.3 Å². The Morgan fingerprint density at radius 2 is 1.82 bits per heavy atom. The third-order valence-corrected chi connectivity index (χ3v) is 6.14. The second kappa shape index (κ2) is 8.03. The van der Waals surface area contributed by atoms with Crippen molar-refractivity contribution in [2.24, 2.45) is 11.8 Å². The van der Waals surface area contributed by atoms with Crippen molar-refractivity contribution in [1.82, 2.24) is 24.6 Å². The average Bonchev–Trinajstić information content (AvgIpc) is 3.13. The minimum Gasteiger partial charge on any atom is -0.330 e. The van der Waals surface area contributed by atoms with Crippen LogP contribution in [0.1, 0.15) is 45.0 Å². The summed E-state index contributed by atoms with van der Waals surface area (Å²) in [6, 6.07) is 10.1. The Bertz CT molecular complexity index is 808. The summed E-state index contributed by atoms with van der Waals surface area (Å²) in [4.78, 5) is 22.5. The average molecular weight is 382 g/mol. The normalized spacial score (nSPS) is 21.1. The lowest BCUT2D eigenvalue weighted by Crippen LogP contribution is -2.45. The second-order valence-electron chi connectivity index (χ2n) is 8.61. The number of piperidine rings is 1. The fraction of sp³-hybridized carbons (Fsp3) is 0.591. The number of rotatable bonds is 4. The first kappa shape index (κ1) is 19.1. The summed E-state index contributed by atoms with van der Waals surface area (Å²) in [5, 5.41) is 4.73. The molecule has 2 aliphatic rings. The smallest absolute Gasteiger partial charge is 0.223 e. The van der Waals surface area contributed by atoms with Crippen LogP contribution >= 0.6 is 0 Å². The fourth-order valence-corrected chi connectivity index (χ4v) is 4.50. The third-order valence-electron chi connectivity index (χ3n) is 6.14. The predicted octanol–water partition coefficient (Wildman–Crippen LogP) is 3.22. The van der Waals surface area contributed by atoms with E-state index in [0.29, 0.717) is 18.3 Å². The van der Waals surface area contributed by atoms with Gasteiger partial charge in [-0.15, -0.1) is 0 Å². The van der Waals surface area contributed by atoms with Crippen LogP contribution in [0.4, 0.5) is 0 Å². The van der Waals surface area contributed by atoms with E-state index in [0.717, 1.165) is 56.2 Å². The molecule has 2 aliphatic heterocycles. The minimum absolute atomic E-state index is 0.00234. The van der Waals surface area contributed by atoms with Crippen LogP contribution in [0, 0.1) is 11.8 Å². The molecule has 1 aromatic carbocycles. The van der Waals surface area contributed by atoms with Crippen LogP contribution in [0.25, 0.3) is 11.4 Å². The highest BCUT2D eigenvalue weighted by atomic mass is 16.2. The molecule has 6 heteroatoms. The summed E-state index contributed by atoms with van der Waals surface area (Å²) in [6.45, 7) is 7.98. The molecule has 1 aromatic heterocycles. The van der Waals surface area contributed by atoms with Crippen LogP contribution in [0.2, 0.25) is 0 Å². The molecule has 3 heterocycles. The molecular weight excluding hydrogens is 350 g/mol. The van der Waals surface area contributed by atoms with Crippen LogP contribution in [0.3, 0.4) is 0 Å². The first-order valence-corrected chi connectivity index (χ1v) is 10.5. The Morgan fingerprint density at radius 3 is 2.50 bits per heavy atom. The van der Waals surface area contributed by atoms with E-state index in [1.807, 2.05) is 35.0 Å². The number of fused-ring (bicyclic) bond motifs is 1. The van der Waals surface area contributed by atoms with Crippen LogP contribution in [-0.4, -0.2) is 57.2 Å². The van der Waals surface area contributed by atoms with E-state index in [-0.39, 0.29) is 11.9 Å². The molecular formula is C22H31N5O. The maximum atomic E-state index is 13.2. The lowest BCUT2D eigenvalue weighted by atomic mass is 9.92. The Hall–Kier alpha value is -2.21. The highest BCUT2D eigenvalue weighted by molar-refractivity contribution is 5.77. The number of carbonyl (C=O) groups excluding carboxylic acids is 1. The number of amides is 1. The molecule has 0 bridgehead atoms. The number of likely N-dealkylation sites (tertiary alicyclic amines) is 1. The van der Waals surface area contributed by atoms with Crippen molar-refractivity contribution in [3.05, 3.63) is 36.2 Å². The Kier molecular flexibility index (Phi) is 5.49. The summed E-state index contributed by atoms with van der Waals surface area (Å²) in [6.07, 6.45) is 2.91. The molecule has 1 saturated heterocycles. The Morgan fingerprint density at radius 1 is 1.11 bits per heavy atom. The number of aromatic nitrogens is 3. The summed E-state index contributed by atoms with van der Waals surface area (Å²) < 4.78 is 2.01. The number of nitrogens with zero attached hydrogens (tertiary/aromatic N) is 5. The van der Waals surface area contributed by atoms with Gasteiger partial charge in [0.1, 0.15) is 0 Å². The van der Waals surface area contributed by atoms with E-state index >= 15 is 0 Å². The summed E-state index contributed by atoms with van der Waals surface area (Å²) >= 11 is 0. The molecule has 2 aromatic rings. The number of hydrogen-bond donors (Lipinski definition) is 0. The van der Waals surface area contributed by atoms with Crippen LogP contribution in [-0.2, 0) is 11.3 Å². The van der Waals surface area contributed by atoms with Crippen molar-refractivity contribution in [1.29, 1.82) is 0 Å². The van der Waals surface area contributed by atoms with Crippen LogP contribution < -0.4 is 0 Å². The number of hydrogen-bond acceptors (Lipinski definition) is 4. The minimum atomic E-state index is -0.00234. The van der Waals surface area contributed by atoms with E-state index in [1.165, 1.54) is 0 Å². The highest BCUT2D eigenvalue weighted by Gasteiger charge is 2.36. The van der Waals surface area contributed by atoms with Gasteiger partial charge in [-0.3, -0.25) is 4.79 Å². The molecule has 4 rings (SSSR count). The molecule has 1 atom stereocenters. The molecule has 0 aliphatic carbocycles. The number of benzene rings is 1. The molecule has 0 unspecified atom stereocenters. The van der Waals surface area contributed by atoms with Crippen molar-refractivity contribution >= 4 is 5.91 Å². The zero-order valence-electron chi connectivity index (χ0n) is 17.2. The van der Waals surface area contributed by atoms with Gasteiger partial charge in [-0.05, 0) is 44.8 Å². The van der Waals surface area contributed by atoms with E-state index < -0.39 is 0 Å². The van der Waals surface area contributed by atoms with Gasteiger partial charge in [-0.1, -0.05) is 44.2 Å². The van der Waals surface area contributed by atoms with Crippen LogP contribution in [0.5, 0.6) is 0 Å². The maximum absolute atomic E-state index is 13.2. The quantitative estimate of drug-likeness (QED) is 0.816. The molecule has 0 N–H and O–H groups in total. The van der Waals surface area contributed by atoms with Gasteiger partial charge in [0.05, 0.1) is 12.6 Å². The first-order chi connectivity index (χ1) is 13.5. The standard InChI is InChI=1S/C22H31N5O/c1-16(2)20-22-23-21(18-7-5-4-6-8-18)24-27(22)14-13-26(20)19(28)15-17-9-11-25(3)12-10-17/h4-8,16-17,20H,9-15H2,1-3H3/t20-/m0/s1. The van der Waals surface area contributed by atoms with Gasteiger partial charge < -0.3 is 9.80 Å². The van der Waals surface area contributed by atoms with Crippen molar-refractivity contribution in [3.8, 4) is 11.4 Å². The molecule has 150 valence electrons. The molecule has 0 saturated carbocycles.